The van der Waals surface area contributed by atoms with E-state index in [1.54, 1.807) is 12.1 Å². The van der Waals surface area contributed by atoms with Crippen LogP contribution in [0.3, 0.4) is 0 Å². The van der Waals surface area contributed by atoms with Crippen molar-refractivity contribution in [3.8, 4) is 0 Å². The number of carbonyl (C=O) groups is 2. The molecule has 1 aliphatic rings. The van der Waals surface area contributed by atoms with Gasteiger partial charge in [-0.15, -0.1) is 0 Å². The Morgan fingerprint density at radius 1 is 1.09 bits per heavy atom. The van der Waals surface area contributed by atoms with Crippen LogP contribution in [0.5, 0.6) is 0 Å². The van der Waals surface area contributed by atoms with E-state index in [1.165, 1.54) is 6.42 Å². The maximum absolute atomic E-state index is 12.1. The van der Waals surface area contributed by atoms with E-state index >= 15 is 0 Å². The number of nitrogens with one attached hydrogen (secondary N) is 3. The predicted octanol–water partition coefficient (Wildman–Crippen LogP) is 2.51. The van der Waals surface area contributed by atoms with Gasteiger partial charge in [-0.2, -0.15) is 0 Å². The summed E-state index contributed by atoms with van der Waals surface area (Å²) in [6.45, 7) is 0. The Kier molecular flexibility index (Phi) is 6.56. The Hall–Kier alpha value is -1.22. The molecule has 1 saturated carbocycles. The average molecular weight is 431 g/mol. The lowest BCUT2D eigenvalue weighted by Crippen LogP contribution is -2.50. The second-order valence-corrected chi connectivity index (χ2v) is 6.78. The molecule has 5 nitrogen and oxygen atoms in total. The maximum atomic E-state index is 12.1. The van der Waals surface area contributed by atoms with E-state index in [9.17, 15) is 9.59 Å². The molecule has 0 bridgehead atoms. The number of rotatable bonds is 2. The maximum Gasteiger partial charge on any atom is 0.258 e. The molecule has 0 heterocycles. The fraction of sp³-hybridized carbons (Fsp3) is 0.400. The number of thiocarbonyl (C=S) groups is 1. The van der Waals surface area contributed by atoms with Gasteiger partial charge in [0.2, 0.25) is 5.91 Å². The van der Waals surface area contributed by atoms with Crippen LogP contribution in [-0.2, 0) is 4.79 Å². The summed E-state index contributed by atoms with van der Waals surface area (Å²) < 4.78 is 0.839. The predicted molar refractivity (Wildman–Crippen MR) is 97.1 cm³/mol. The fourth-order valence-electron chi connectivity index (χ4n) is 2.43. The van der Waals surface area contributed by atoms with Crippen molar-refractivity contribution in [1.82, 2.24) is 16.2 Å². The Balaban J connectivity index is 1.79. The molecule has 0 aromatic heterocycles. The number of benzene rings is 1. The van der Waals surface area contributed by atoms with Gasteiger partial charge in [0.15, 0.2) is 5.11 Å². The molecule has 2 amide bonds. The van der Waals surface area contributed by atoms with E-state index in [0.29, 0.717) is 5.56 Å². The minimum absolute atomic E-state index is 0.0369. The van der Waals surface area contributed by atoms with Crippen molar-refractivity contribution in [3.05, 3.63) is 33.4 Å². The van der Waals surface area contributed by atoms with Crippen molar-refractivity contribution in [1.29, 1.82) is 0 Å². The van der Waals surface area contributed by atoms with E-state index < -0.39 is 0 Å². The van der Waals surface area contributed by atoms with Gasteiger partial charge < -0.3 is 0 Å². The second-order valence-electron chi connectivity index (χ2n) is 5.21. The number of hydrogen-bond donors (Lipinski definition) is 3. The summed E-state index contributed by atoms with van der Waals surface area (Å²) in [6.07, 6.45) is 5.20. The van der Waals surface area contributed by atoms with Gasteiger partial charge in [0, 0.05) is 9.49 Å². The highest BCUT2D eigenvalue weighted by atomic mass is 127. The number of hydrogen-bond acceptors (Lipinski definition) is 3. The zero-order chi connectivity index (χ0) is 15.9. The van der Waals surface area contributed by atoms with E-state index in [-0.39, 0.29) is 22.8 Å². The van der Waals surface area contributed by atoms with Crippen molar-refractivity contribution >= 4 is 51.7 Å². The van der Waals surface area contributed by atoms with Crippen LogP contribution in [0, 0.1) is 9.49 Å². The molecule has 1 aromatic carbocycles. The molecular formula is C15H18IN3O2S. The van der Waals surface area contributed by atoms with Crippen molar-refractivity contribution in [3.63, 3.8) is 0 Å². The minimum atomic E-state index is -0.297. The van der Waals surface area contributed by atoms with Crippen molar-refractivity contribution in [2.75, 3.05) is 0 Å². The minimum Gasteiger partial charge on any atom is -0.298 e. The summed E-state index contributed by atoms with van der Waals surface area (Å²) in [4.78, 5) is 24.0. The topological polar surface area (TPSA) is 70.2 Å². The van der Waals surface area contributed by atoms with Crippen LogP contribution in [0.25, 0.3) is 0 Å². The molecule has 7 heteroatoms. The molecular weight excluding hydrogens is 413 g/mol. The number of carbonyl (C=O) groups excluding carboxylic acids is 2. The summed E-state index contributed by atoms with van der Waals surface area (Å²) in [6, 6.07) is 7.22. The highest BCUT2D eigenvalue weighted by Crippen LogP contribution is 2.23. The Bertz CT molecular complexity index is 574. The normalized spacial score (nSPS) is 15.0. The molecule has 1 aliphatic carbocycles. The third-order valence-corrected chi connectivity index (χ3v) is 4.77. The highest BCUT2D eigenvalue weighted by Gasteiger charge is 2.21. The van der Waals surface area contributed by atoms with E-state index in [1.807, 2.05) is 12.1 Å². The Labute approximate surface area is 148 Å². The van der Waals surface area contributed by atoms with Gasteiger partial charge in [0.25, 0.3) is 5.91 Å². The molecule has 3 N–H and O–H groups in total. The average Bonchev–Trinajstić information content (AvgIpc) is 2.53. The van der Waals surface area contributed by atoms with E-state index in [4.69, 9.17) is 12.2 Å². The lowest BCUT2D eigenvalue weighted by molar-refractivity contribution is -0.126. The van der Waals surface area contributed by atoms with Gasteiger partial charge >= 0.3 is 0 Å². The van der Waals surface area contributed by atoms with Gasteiger partial charge in [-0.25, -0.2) is 0 Å². The summed E-state index contributed by atoms with van der Waals surface area (Å²) in [5.74, 6) is -0.324. The van der Waals surface area contributed by atoms with Gasteiger partial charge in [-0.05, 0) is 59.8 Å². The van der Waals surface area contributed by atoms with E-state index in [2.05, 4.69) is 38.8 Å². The second kappa shape index (κ2) is 8.42. The quantitative estimate of drug-likeness (QED) is 0.383. The van der Waals surface area contributed by atoms with Gasteiger partial charge in [0.1, 0.15) is 0 Å². The SMILES string of the molecule is O=C(NC(=S)NNC(=O)C1CCCCC1)c1ccccc1I. The zero-order valence-electron chi connectivity index (χ0n) is 12.0. The lowest BCUT2D eigenvalue weighted by atomic mass is 9.89. The summed E-state index contributed by atoms with van der Waals surface area (Å²) in [5.41, 5.74) is 5.72. The van der Waals surface area contributed by atoms with Crippen LogP contribution in [-0.4, -0.2) is 16.9 Å². The van der Waals surface area contributed by atoms with Crippen LogP contribution in [0.1, 0.15) is 42.5 Å². The number of hydrazine groups is 1. The zero-order valence-corrected chi connectivity index (χ0v) is 15.0. The first-order chi connectivity index (χ1) is 10.6. The monoisotopic (exact) mass is 431 g/mol. The Morgan fingerprint density at radius 2 is 1.77 bits per heavy atom. The van der Waals surface area contributed by atoms with E-state index in [0.717, 1.165) is 29.3 Å². The molecule has 0 saturated heterocycles. The summed E-state index contributed by atoms with van der Waals surface area (Å²) in [5, 5.41) is 2.65. The number of amides is 2. The summed E-state index contributed by atoms with van der Waals surface area (Å²) >= 11 is 7.12. The Morgan fingerprint density at radius 3 is 2.45 bits per heavy atom. The standard InChI is InChI=1S/C15H18IN3O2S/c16-12-9-5-4-8-11(12)14(21)17-15(22)19-18-13(20)10-6-2-1-3-7-10/h4-5,8-10H,1-3,6-7H2,(H,18,20)(H2,17,19,21,22). The molecule has 1 fully saturated rings. The van der Waals surface area contributed by atoms with Crippen LogP contribution in [0.4, 0.5) is 0 Å². The third-order valence-electron chi connectivity index (χ3n) is 3.62. The molecule has 1 aromatic rings. The van der Waals surface area contributed by atoms with Crippen LogP contribution < -0.4 is 16.2 Å². The van der Waals surface area contributed by atoms with Crippen LogP contribution in [0.15, 0.2) is 24.3 Å². The molecule has 0 spiro atoms. The molecule has 0 atom stereocenters. The molecule has 0 unspecified atom stereocenters. The molecule has 22 heavy (non-hydrogen) atoms. The van der Waals surface area contributed by atoms with Gasteiger partial charge in [-0.1, -0.05) is 31.4 Å². The fourth-order valence-corrected chi connectivity index (χ4v) is 3.21. The first-order valence-electron chi connectivity index (χ1n) is 7.23. The van der Waals surface area contributed by atoms with Gasteiger partial charge in [-0.3, -0.25) is 25.8 Å². The number of halogens is 1. The largest absolute Gasteiger partial charge is 0.298 e. The third kappa shape index (κ3) is 4.91. The molecule has 118 valence electrons. The summed E-state index contributed by atoms with van der Waals surface area (Å²) in [7, 11) is 0. The molecule has 0 aliphatic heterocycles. The van der Waals surface area contributed by atoms with Crippen molar-refractivity contribution in [2.24, 2.45) is 5.92 Å². The first kappa shape index (κ1) is 17.1. The first-order valence-corrected chi connectivity index (χ1v) is 8.72. The smallest absolute Gasteiger partial charge is 0.258 e. The van der Waals surface area contributed by atoms with Crippen molar-refractivity contribution < 1.29 is 9.59 Å². The van der Waals surface area contributed by atoms with Crippen molar-refractivity contribution in [2.45, 2.75) is 32.1 Å². The molecule has 2 rings (SSSR count). The van der Waals surface area contributed by atoms with Crippen LogP contribution >= 0.6 is 34.8 Å². The lowest BCUT2D eigenvalue weighted by Gasteiger charge is -2.21. The van der Waals surface area contributed by atoms with Crippen LogP contribution in [0.2, 0.25) is 0 Å². The van der Waals surface area contributed by atoms with Gasteiger partial charge in [0.05, 0.1) is 5.56 Å². The molecule has 0 radical (unpaired) electrons. The highest BCUT2D eigenvalue weighted by molar-refractivity contribution is 14.1.